The maximum absolute atomic E-state index is 12.5. The van der Waals surface area contributed by atoms with Gasteiger partial charge in [0.2, 0.25) is 15.9 Å². The Morgan fingerprint density at radius 3 is 2.44 bits per heavy atom. The van der Waals surface area contributed by atoms with Crippen molar-refractivity contribution in [3.63, 3.8) is 0 Å². The Labute approximate surface area is 173 Å². The van der Waals surface area contributed by atoms with Crippen molar-refractivity contribution in [2.24, 2.45) is 0 Å². The first-order valence-electron chi connectivity index (χ1n) is 9.09. The predicted octanol–water partition coefficient (Wildman–Crippen LogP) is 2.41. The maximum Gasteiger partial charge on any atom is 0.243 e. The molecule has 2 unspecified atom stereocenters. The van der Waals surface area contributed by atoms with Crippen LogP contribution in [0, 0.1) is 0 Å². The Balaban J connectivity index is 0.00000364. The van der Waals surface area contributed by atoms with E-state index in [2.05, 4.69) is 10.6 Å². The average molecular weight is 436 g/mol. The monoisotopic (exact) mass is 435 g/mol. The minimum absolute atomic E-state index is 0. The molecule has 1 aromatic rings. The number of sulfonamides is 1. The van der Waals surface area contributed by atoms with Crippen LogP contribution >= 0.6 is 24.2 Å². The molecule has 6 nitrogen and oxygen atoms in total. The van der Waals surface area contributed by atoms with Crippen LogP contribution in [0.1, 0.15) is 38.8 Å². The van der Waals surface area contributed by atoms with Crippen LogP contribution in [0.4, 0.5) is 0 Å². The van der Waals surface area contributed by atoms with Crippen LogP contribution in [-0.4, -0.2) is 55.8 Å². The summed E-state index contributed by atoms with van der Waals surface area (Å²) in [6, 6.07) is 6.84. The number of thioether (sulfide) groups is 1. The quantitative estimate of drug-likeness (QED) is 0.655. The zero-order valence-corrected chi connectivity index (χ0v) is 18.6. The smallest absolute Gasteiger partial charge is 0.243 e. The van der Waals surface area contributed by atoms with Crippen molar-refractivity contribution in [3.05, 3.63) is 29.8 Å². The molecule has 154 valence electrons. The van der Waals surface area contributed by atoms with E-state index in [9.17, 15) is 13.2 Å². The highest BCUT2D eigenvalue weighted by atomic mass is 35.5. The zero-order valence-electron chi connectivity index (χ0n) is 16.1. The summed E-state index contributed by atoms with van der Waals surface area (Å²) in [5.74, 6) is 2.06. The molecule has 0 aliphatic carbocycles. The number of hydrogen-bond donors (Lipinski definition) is 2. The van der Waals surface area contributed by atoms with Gasteiger partial charge in [0.15, 0.2) is 0 Å². The topological polar surface area (TPSA) is 78.5 Å². The third kappa shape index (κ3) is 6.64. The number of benzene rings is 1. The molecule has 1 aliphatic heterocycles. The van der Waals surface area contributed by atoms with E-state index in [4.69, 9.17) is 0 Å². The molecule has 0 saturated carbocycles. The number of rotatable bonds is 8. The molecule has 0 spiro atoms. The highest BCUT2D eigenvalue weighted by Gasteiger charge is 2.22. The van der Waals surface area contributed by atoms with E-state index in [1.807, 2.05) is 32.5 Å². The summed E-state index contributed by atoms with van der Waals surface area (Å²) in [6.07, 6.45) is 0.464. The summed E-state index contributed by atoms with van der Waals surface area (Å²) >= 11 is 1.87. The Kier molecular flexibility index (Phi) is 10.1. The summed E-state index contributed by atoms with van der Waals surface area (Å²) in [6.45, 7) is 7.40. The molecule has 0 aromatic heterocycles. The van der Waals surface area contributed by atoms with Gasteiger partial charge in [-0.05, 0) is 24.6 Å². The SMILES string of the molecule is CCN(CC)S(=O)(=O)c1ccc(C(C)NC(=O)CC2CSCCN2)cc1.Cl. The van der Waals surface area contributed by atoms with E-state index < -0.39 is 10.0 Å². The van der Waals surface area contributed by atoms with Gasteiger partial charge >= 0.3 is 0 Å². The summed E-state index contributed by atoms with van der Waals surface area (Å²) in [4.78, 5) is 12.5. The van der Waals surface area contributed by atoms with E-state index in [0.717, 1.165) is 23.6 Å². The van der Waals surface area contributed by atoms with Crippen LogP contribution in [0.25, 0.3) is 0 Å². The number of hydrogen-bond acceptors (Lipinski definition) is 5. The number of halogens is 1. The van der Waals surface area contributed by atoms with Gasteiger partial charge in [0.05, 0.1) is 10.9 Å². The van der Waals surface area contributed by atoms with Gasteiger partial charge in [-0.15, -0.1) is 12.4 Å². The highest BCUT2D eigenvalue weighted by molar-refractivity contribution is 7.99. The van der Waals surface area contributed by atoms with Crippen LogP contribution in [0.5, 0.6) is 0 Å². The van der Waals surface area contributed by atoms with Gasteiger partial charge in [0.25, 0.3) is 0 Å². The minimum atomic E-state index is -3.45. The molecule has 1 aromatic carbocycles. The third-order valence-corrected chi connectivity index (χ3v) is 7.73. The van der Waals surface area contributed by atoms with Gasteiger partial charge in [-0.3, -0.25) is 4.79 Å². The van der Waals surface area contributed by atoms with Crippen molar-refractivity contribution >= 4 is 40.1 Å². The van der Waals surface area contributed by atoms with Crippen LogP contribution in [0.2, 0.25) is 0 Å². The minimum Gasteiger partial charge on any atom is -0.350 e. The largest absolute Gasteiger partial charge is 0.350 e. The predicted molar refractivity (Wildman–Crippen MR) is 114 cm³/mol. The van der Waals surface area contributed by atoms with Crippen molar-refractivity contribution in [1.29, 1.82) is 0 Å². The normalized spacial score (nSPS) is 18.6. The molecule has 1 aliphatic rings. The van der Waals surface area contributed by atoms with Gasteiger partial charge in [-0.2, -0.15) is 16.1 Å². The Hall–Kier alpha value is -0.800. The molecule has 9 heteroatoms. The van der Waals surface area contributed by atoms with Crippen molar-refractivity contribution in [1.82, 2.24) is 14.9 Å². The molecule has 1 amide bonds. The molecule has 2 N–H and O–H groups in total. The lowest BCUT2D eigenvalue weighted by atomic mass is 10.1. The number of nitrogens with zero attached hydrogens (tertiary/aromatic N) is 1. The van der Waals surface area contributed by atoms with E-state index in [1.54, 1.807) is 24.3 Å². The molecule has 0 bridgehead atoms. The van der Waals surface area contributed by atoms with Crippen LogP contribution < -0.4 is 10.6 Å². The third-order valence-electron chi connectivity index (χ3n) is 4.53. The van der Waals surface area contributed by atoms with E-state index in [-0.39, 0.29) is 35.3 Å². The second-order valence-electron chi connectivity index (χ2n) is 6.38. The first-order valence-corrected chi connectivity index (χ1v) is 11.7. The van der Waals surface area contributed by atoms with Crippen molar-refractivity contribution in [2.75, 3.05) is 31.1 Å². The van der Waals surface area contributed by atoms with Gasteiger partial charge in [0.1, 0.15) is 0 Å². The fourth-order valence-electron chi connectivity index (χ4n) is 3.00. The molecule has 1 saturated heterocycles. The summed E-state index contributed by atoms with van der Waals surface area (Å²) in [5.41, 5.74) is 0.892. The molecular formula is C18H30ClN3O3S2. The summed E-state index contributed by atoms with van der Waals surface area (Å²) < 4.78 is 26.5. The van der Waals surface area contributed by atoms with E-state index >= 15 is 0 Å². The van der Waals surface area contributed by atoms with E-state index in [0.29, 0.717) is 19.5 Å². The number of amides is 1. The Morgan fingerprint density at radius 1 is 1.30 bits per heavy atom. The van der Waals surface area contributed by atoms with Crippen LogP contribution in [0.3, 0.4) is 0 Å². The number of carbonyl (C=O) groups excluding carboxylic acids is 1. The fourth-order valence-corrected chi connectivity index (χ4v) is 5.41. The molecule has 2 rings (SSSR count). The van der Waals surface area contributed by atoms with Gasteiger partial charge in [-0.25, -0.2) is 8.42 Å². The van der Waals surface area contributed by atoms with Crippen molar-refractivity contribution in [2.45, 2.75) is 44.2 Å². The summed E-state index contributed by atoms with van der Waals surface area (Å²) in [5, 5.41) is 6.35. The average Bonchev–Trinajstić information content (AvgIpc) is 2.63. The molecular weight excluding hydrogens is 406 g/mol. The fraction of sp³-hybridized carbons (Fsp3) is 0.611. The molecule has 0 radical (unpaired) electrons. The van der Waals surface area contributed by atoms with Crippen molar-refractivity contribution in [3.8, 4) is 0 Å². The Morgan fingerprint density at radius 2 is 1.93 bits per heavy atom. The molecule has 1 heterocycles. The standard InChI is InChI=1S/C18H29N3O3S2.ClH/c1-4-21(5-2)26(23,24)17-8-6-15(7-9-17)14(3)20-18(22)12-16-13-25-11-10-19-16;/h6-9,14,16,19H,4-5,10-13H2,1-3H3,(H,20,22);1H. The second-order valence-corrected chi connectivity index (χ2v) is 9.47. The van der Waals surface area contributed by atoms with Crippen LogP contribution in [0.15, 0.2) is 29.2 Å². The first-order chi connectivity index (χ1) is 12.4. The van der Waals surface area contributed by atoms with Gasteiger partial charge in [-0.1, -0.05) is 26.0 Å². The second kappa shape index (κ2) is 11.3. The van der Waals surface area contributed by atoms with Gasteiger partial charge < -0.3 is 10.6 Å². The lowest BCUT2D eigenvalue weighted by Crippen LogP contribution is -2.41. The maximum atomic E-state index is 12.5. The number of carbonyl (C=O) groups is 1. The van der Waals surface area contributed by atoms with Gasteiger partial charge in [0, 0.05) is 43.6 Å². The van der Waals surface area contributed by atoms with Crippen molar-refractivity contribution < 1.29 is 13.2 Å². The number of nitrogens with one attached hydrogen (secondary N) is 2. The lowest BCUT2D eigenvalue weighted by molar-refractivity contribution is -0.122. The molecule has 27 heavy (non-hydrogen) atoms. The first kappa shape index (κ1) is 24.2. The molecule has 2 atom stereocenters. The molecule has 1 fully saturated rings. The lowest BCUT2D eigenvalue weighted by Gasteiger charge is -2.23. The van der Waals surface area contributed by atoms with Crippen LogP contribution in [-0.2, 0) is 14.8 Å². The summed E-state index contributed by atoms with van der Waals surface area (Å²) in [7, 11) is -3.45. The zero-order chi connectivity index (χ0) is 19.2. The Bertz CT molecular complexity index is 688. The van der Waals surface area contributed by atoms with E-state index in [1.165, 1.54) is 4.31 Å². The highest BCUT2D eigenvalue weighted by Crippen LogP contribution is 2.20.